The monoisotopic (exact) mass is 321 g/mol. The Morgan fingerprint density at radius 3 is 2.65 bits per heavy atom. The first-order valence-corrected chi connectivity index (χ1v) is 7.74. The van der Waals surface area contributed by atoms with Crippen LogP contribution in [0.1, 0.15) is 24.0 Å². The Balaban J connectivity index is 1.75. The first-order valence-electron chi connectivity index (χ1n) is 7.74. The van der Waals surface area contributed by atoms with E-state index < -0.39 is 23.1 Å². The van der Waals surface area contributed by atoms with Gasteiger partial charge < -0.3 is 14.7 Å². The quantitative estimate of drug-likeness (QED) is 0.826. The fraction of sp³-hybridized carbons (Fsp3) is 0.529. The smallest absolute Gasteiger partial charge is 0.345 e. The number of aliphatic hydroxyl groups is 1. The number of methoxy groups -OCH3 is 1. The minimum absolute atomic E-state index is 0.0991. The molecule has 23 heavy (non-hydrogen) atoms. The van der Waals surface area contributed by atoms with Gasteiger partial charge in [-0.3, -0.25) is 4.79 Å². The van der Waals surface area contributed by atoms with Crippen LogP contribution < -0.4 is 0 Å². The van der Waals surface area contributed by atoms with Crippen LogP contribution in [0.4, 0.5) is 4.39 Å². The fourth-order valence-corrected chi connectivity index (χ4v) is 3.49. The molecule has 1 heterocycles. The molecule has 0 radical (unpaired) electrons. The van der Waals surface area contributed by atoms with Crippen molar-refractivity contribution in [1.29, 1.82) is 0 Å². The molecule has 0 aromatic heterocycles. The Hall–Kier alpha value is -1.95. The number of carbonyl (C=O) groups is 2. The maximum absolute atomic E-state index is 14.5. The van der Waals surface area contributed by atoms with Crippen LogP contribution in [0, 0.1) is 0 Å². The predicted octanol–water partition coefficient (Wildman–Crippen LogP) is 1.02. The summed E-state index contributed by atoms with van der Waals surface area (Å²) in [7, 11) is 1.12. The summed E-state index contributed by atoms with van der Waals surface area (Å²) in [5, 5.41) is 10.8. The van der Waals surface area contributed by atoms with Gasteiger partial charge in [-0.05, 0) is 24.0 Å². The van der Waals surface area contributed by atoms with Crippen LogP contribution in [-0.2, 0) is 27.2 Å². The third-order valence-corrected chi connectivity index (χ3v) is 4.87. The Morgan fingerprint density at radius 1 is 1.26 bits per heavy atom. The van der Waals surface area contributed by atoms with E-state index >= 15 is 0 Å². The van der Waals surface area contributed by atoms with Crippen LogP contribution in [0.15, 0.2) is 24.3 Å². The highest BCUT2D eigenvalue weighted by molar-refractivity contribution is 5.88. The molecule has 1 fully saturated rings. The van der Waals surface area contributed by atoms with Crippen molar-refractivity contribution in [2.24, 2.45) is 0 Å². The summed E-state index contributed by atoms with van der Waals surface area (Å²) in [5.74, 6) is -1.47. The van der Waals surface area contributed by atoms with Crippen LogP contribution in [0.25, 0.3) is 0 Å². The molecule has 6 heteroatoms. The second-order valence-electron chi connectivity index (χ2n) is 6.41. The number of esters is 1. The van der Waals surface area contributed by atoms with E-state index in [0.717, 1.165) is 18.2 Å². The van der Waals surface area contributed by atoms with Crippen molar-refractivity contribution in [3.63, 3.8) is 0 Å². The normalized spacial score (nSPS) is 30.0. The van der Waals surface area contributed by atoms with E-state index in [1.807, 2.05) is 24.3 Å². The number of carbonyl (C=O) groups excluding carboxylic acids is 2. The van der Waals surface area contributed by atoms with E-state index in [9.17, 15) is 19.1 Å². The molecule has 5 nitrogen and oxygen atoms in total. The average molecular weight is 321 g/mol. The number of amides is 1. The zero-order valence-corrected chi connectivity index (χ0v) is 13.0. The molecular weight excluding hydrogens is 301 g/mol. The third-order valence-electron chi connectivity index (χ3n) is 4.87. The van der Waals surface area contributed by atoms with Gasteiger partial charge in [0.25, 0.3) is 5.91 Å². The Morgan fingerprint density at radius 2 is 1.96 bits per heavy atom. The summed E-state index contributed by atoms with van der Waals surface area (Å²) in [6, 6.07) is 7.68. The Bertz CT molecular complexity index is 649. The zero-order valence-electron chi connectivity index (χ0n) is 13.0. The number of ether oxygens (including phenoxy) is 1. The van der Waals surface area contributed by atoms with E-state index in [1.165, 1.54) is 4.90 Å². The molecule has 1 aliphatic carbocycles. The number of hydrogen-bond acceptors (Lipinski definition) is 4. The van der Waals surface area contributed by atoms with Gasteiger partial charge in [-0.15, -0.1) is 0 Å². The lowest BCUT2D eigenvalue weighted by Gasteiger charge is -2.35. The molecule has 2 aliphatic rings. The van der Waals surface area contributed by atoms with Crippen molar-refractivity contribution in [1.82, 2.24) is 4.90 Å². The predicted molar refractivity (Wildman–Crippen MR) is 80.5 cm³/mol. The Kier molecular flexibility index (Phi) is 3.88. The molecule has 3 rings (SSSR count). The van der Waals surface area contributed by atoms with Gasteiger partial charge in [0.05, 0.1) is 13.7 Å². The largest absolute Gasteiger partial charge is 0.467 e. The molecule has 1 aliphatic heterocycles. The second-order valence-corrected chi connectivity index (χ2v) is 6.41. The van der Waals surface area contributed by atoms with Crippen LogP contribution in [0.3, 0.4) is 0 Å². The highest BCUT2D eigenvalue weighted by atomic mass is 19.1. The summed E-state index contributed by atoms with van der Waals surface area (Å²) in [5.41, 5.74) is -1.64. The number of hydrogen-bond donors (Lipinski definition) is 1. The molecule has 0 unspecified atom stereocenters. The molecule has 2 atom stereocenters. The van der Waals surface area contributed by atoms with Crippen molar-refractivity contribution in [3.8, 4) is 0 Å². The molecule has 0 bridgehead atoms. The van der Waals surface area contributed by atoms with E-state index in [1.54, 1.807) is 0 Å². The minimum atomic E-state index is -2.17. The lowest BCUT2D eigenvalue weighted by Crippen LogP contribution is -2.52. The van der Waals surface area contributed by atoms with Crippen molar-refractivity contribution in [3.05, 3.63) is 35.4 Å². The van der Waals surface area contributed by atoms with Crippen LogP contribution in [-0.4, -0.2) is 53.4 Å². The van der Waals surface area contributed by atoms with Crippen LogP contribution in [0.5, 0.6) is 0 Å². The van der Waals surface area contributed by atoms with Gasteiger partial charge in [-0.25, -0.2) is 9.18 Å². The number of rotatable bonds is 2. The molecule has 1 aromatic rings. The molecule has 1 aromatic carbocycles. The standard InChI is InChI=1S/C17H20FNO4/c1-23-15(21)16(18)8-9-19(11-16)14(20)17(22)7-6-12-4-2-3-5-13(12)10-17/h2-5,22H,6-11H2,1H3/t16-,17-/m0/s1. The van der Waals surface area contributed by atoms with Crippen LogP contribution in [0.2, 0.25) is 0 Å². The number of likely N-dealkylation sites (tertiary alicyclic amines) is 1. The number of nitrogens with zero attached hydrogens (tertiary/aromatic N) is 1. The number of fused-ring (bicyclic) bond motifs is 1. The summed E-state index contributed by atoms with van der Waals surface area (Å²) >= 11 is 0. The van der Waals surface area contributed by atoms with Crippen molar-refractivity contribution in [2.75, 3.05) is 20.2 Å². The van der Waals surface area contributed by atoms with E-state index in [0.29, 0.717) is 12.8 Å². The summed E-state index contributed by atoms with van der Waals surface area (Å²) in [4.78, 5) is 25.5. The van der Waals surface area contributed by atoms with Crippen molar-refractivity contribution >= 4 is 11.9 Å². The lowest BCUT2D eigenvalue weighted by molar-refractivity contribution is -0.156. The maximum Gasteiger partial charge on any atom is 0.345 e. The first-order chi connectivity index (χ1) is 10.9. The van der Waals surface area contributed by atoms with E-state index in [2.05, 4.69) is 4.74 Å². The summed E-state index contributed by atoms with van der Waals surface area (Å²) < 4.78 is 19.0. The van der Waals surface area contributed by atoms with Crippen molar-refractivity contribution < 1.29 is 23.8 Å². The van der Waals surface area contributed by atoms with Gasteiger partial charge in [-0.2, -0.15) is 0 Å². The lowest BCUT2D eigenvalue weighted by atomic mass is 9.79. The SMILES string of the molecule is COC(=O)[C@]1(F)CCN(C(=O)[C@]2(O)CCc3ccccc3C2)C1. The molecule has 1 saturated heterocycles. The maximum atomic E-state index is 14.5. The van der Waals surface area contributed by atoms with E-state index in [4.69, 9.17) is 0 Å². The van der Waals surface area contributed by atoms with Crippen LogP contribution >= 0.6 is 0 Å². The summed E-state index contributed by atoms with van der Waals surface area (Å²) in [6.45, 7) is -0.253. The van der Waals surface area contributed by atoms with Gasteiger partial charge in [0, 0.05) is 19.4 Å². The molecule has 0 saturated carbocycles. The van der Waals surface area contributed by atoms with Gasteiger partial charge >= 0.3 is 5.97 Å². The van der Waals surface area contributed by atoms with Gasteiger partial charge in [0.15, 0.2) is 0 Å². The molecule has 1 N–H and O–H groups in total. The minimum Gasteiger partial charge on any atom is -0.467 e. The summed E-state index contributed by atoms with van der Waals surface area (Å²) in [6.07, 6.45) is 1.02. The topological polar surface area (TPSA) is 66.8 Å². The zero-order chi connectivity index (χ0) is 16.7. The van der Waals surface area contributed by atoms with Gasteiger partial charge in [-0.1, -0.05) is 24.3 Å². The molecule has 1 amide bonds. The number of aryl methyl sites for hydroxylation is 1. The number of alkyl halides is 1. The first kappa shape index (κ1) is 15.9. The second kappa shape index (κ2) is 5.60. The van der Waals surface area contributed by atoms with E-state index in [-0.39, 0.29) is 25.9 Å². The third kappa shape index (κ3) is 2.72. The van der Waals surface area contributed by atoms with Crippen molar-refractivity contribution in [2.45, 2.75) is 37.0 Å². The molecule has 124 valence electrons. The van der Waals surface area contributed by atoms with Gasteiger partial charge in [0.1, 0.15) is 5.60 Å². The highest BCUT2D eigenvalue weighted by Gasteiger charge is 2.51. The molecular formula is C17H20FNO4. The fourth-order valence-electron chi connectivity index (χ4n) is 3.49. The highest BCUT2D eigenvalue weighted by Crippen LogP contribution is 2.34. The molecule has 0 spiro atoms. The number of benzene rings is 1. The van der Waals surface area contributed by atoms with Gasteiger partial charge in [0.2, 0.25) is 5.67 Å². The average Bonchev–Trinajstić information content (AvgIpc) is 2.96. The number of halogens is 1. The Labute approximate surface area is 134 Å².